The Balaban J connectivity index is 2.56. The Labute approximate surface area is 66.7 Å². The molecule has 0 aliphatic rings. The van der Waals surface area contributed by atoms with E-state index in [0.717, 1.165) is 12.2 Å². The van der Waals surface area contributed by atoms with Crippen LogP contribution in [0.3, 0.4) is 0 Å². The van der Waals surface area contributed by atoms with Crippen LogP contribution in [0.15, 0.2) is 18.3 Å². The van der Waals surface area contributed by atoms with E-state index in [1.54, 1.807) is 6.20 Å². The molecule has 0 fully saturated rings. The zero-order chi connectivity index (χ0) is 8.10. The monoisotopic (exact) mass is 151 g/mol. The summed E-state index contributed by atoms with van der Waals surface area (Å²) < 4.78 is 1.84. The van der Waals surface area contributed by atoms with Gasteiger partial charge in [-0.3, -0.25) is 4.68 Å². The fraction of sp³-hybridized carbons (Fsp3) is 0.375. The molecule has 0 atom stereocenters. The molecule has 1 N–H and O–H groups in total. The second-order valence-electron chi connectivity index (χ2n) is 2.34. The molecule has 3 heteroatoms. The average Bonchev–Trinajstić information content (AvgIpc) is 2.37. The molecule has 0 saturated heterocycles. The largest absolute Gasteiger partial charge is 0.316 e. The normalized spacial score (nSPS) is 11.1. The summed E-state index contributed by atoms with van der Waals surface area (Å²) in [5, 5.41) is 7.07. The van der Waals surface area contributed by atoms with E-state index in [-0.39, 0.29) is 0 Å². The molecule has 0 aromatic carbocycles. The SMILES string of the molecule is CNCC=Cc1ccnn1C. The van der Waals surface area contributed by atoms with Crippen LogP contribution in [0.2, 0.25) is 0 Å². The van der Waals surface area contributed by atoms with Gasteiger partial charge in [0.2, 0.25) is 0 Å². The van der Waals surface area contributed by atoms with Crippen LogP contribution in [0.25, 0.3) is 6.08 Å². The molecule has 1 rings (SSSR count). The van der Waals surface area contributed by atoms with Crippen LogP contribution in [-0.2, 0) is 7.05 Å². The van der Waals surface area contributed by atoms with Crippen molar-refractivity contribution in [1.82, 2.24) is 15.1 Å². The lowest BCUT2D eigenvalue weighted by Crippen LogP contribution is -2.04. The van der Waals surface area contributed by atoms with E-state index < -0.39 is 0 Å². The molecule has 0 saturated carbocycles. The highest BCUT2D eigenvalue weighted by Crippen LogP contribution is 1.97. The summed E-state index contributed by atoms with van der Waals surface area (Å²) in [5.74, 6) is 0. The lowest BCUT2D eigenvalue weighted by molar-refractivity contribution is 0.759. The van der Waals surface area contributed by atoms with E-state index in [0.29, 0.717) is 0 Å². The molecule has 1 aromatic heterocycles. The Morgan fingerprint density at radius 3 is 3.09 bits per heavy atom. The maximum absolute atomic E-state index is 4.04. The first-order chi connectivity index (χ1) is 5.34. The van der Waals surface area contributed by atoms with Gasteiger partial charge in [0.15, 0.2) is 0 Å². The van der Waals surface area contributed by atoms with Gasteiger partial charge in [-0.25, -0.2) is 0 Å². The van der Waals surface area contributed by atoms with Crippen LogP contribution < -0.4 is 5.32 Å². The van der Waals surface area contributed by atoms with E-state index in [2.05, 4.69) is 16.5 Å². The van der Waals surface area contributed by atoms with Crippen LogP contribution in [0.5, 0.6) is 0 Å². The Morgan fingerprint density at radius 2 is 2.55 bits per heavy atom. The topological polar surface area (TPSA) is 29.9 Å². The lowest BCUT2D eigenvalue weighted by Gasteiger charge is -1.92. The summed E-state index contributed by atoms with van der Waals surface area (Å²) in [5.41, 5.74) is 1.13. The molecule has 0 unspecified atom stereocenters. The third-order valence-corrected chi connectivity index (χ3v) is 1.47. The summed E-state index contributed by atoms with van der Waals surface area (Å²) in [6, 6.07) is 1.98. The molecule has 3 nitrogen and oxygen atoms in total. The number of rotatable bonds is 3. The minimum atomic E-state index is 0.894. The molecule has 0 amide bonds. The van der Waals surface area contributed by atoms with Crippen molar-refractivity contribution < 1.29 is 0 Å². The Kier molecular flexibility index (Phi) is 2.86. The van der Waals surface area contributed by atoms with Crippen molar-refractivity contribution >= 4 is 6.08 Å². The van der Waals surface area contributed by atoms with Gasteiger partial charge in [-0.15, -0.1) is 0 Å². The van der Waals surface area contributed by atoms with E-state index >= 15 is 0 Å². The van der Waals surface area contributed by atoms with Gasteiger partial charge >= 0.3 is 0 Å². The summed E-state index contributed by atoms with van der Waals surface area (Å²) in [6.07, 6.45) is 5.90. The first-order valence-corrected chi connectivity index (χ1v) is 3.63. The van der Waals surface area contributed by atoms with Gasteiger partial charge in [-0.05, 0) is 19.2 Å². The van der Waals surface area contributed by atoms with Gasteiger partial charge in [0.1, 0.15) is 0 Å². The van der Waals surface area contributed by atoms with Crippen LogP contribution in [0, 0.1) is 0 Å². The van der Waals surface area contributed by atoms with Crippen molar-refractivity contribution in [3.05, 3.63) is 24.0 Å². The second-order valence-corrected chi connectivity index (χ2v) is 2.34. The van der Waals surface area contributed by atoms with Gasteiger partial charge in [-0.2, -0.15) is 5.10 Å². The van der Waals surface area contributed by atoms with Gasteiger partial charge in [0.25, 0.3) is 0 Å². The van der Waals surface area contributed by atoms with Crippen LogP contribution in [0.4, 0.5) is 0 Å². The molecular formula is C8H13N3. The van der Waals surface area contributed by atoms with Gasteiger partial charge < -0.3 is 5.32 Å². The fourth-order valence-corrected chi connectivity index (χ4v) is 0.845. The number of aromatic nitrogens is 2. The first kappa shape index (κ1) is 8.01. The predicted octanol–water partition coefficient (Wildman–Crippen LogP) is 0.653. The number of nitrogens with one attached hydrogen (secondary N) is 1. The molecule has 0 aliphatic heterocycles. The van der Waals surface area contributed by atoms with E-state index in [4.69, 9.17) is 0 Å². The molecule has 1 aromatic rings. The predicted molar refractivity (Wildman–Crippen MR) is 46.2 cm³/mol. The molecule has 11 heavy (non-hydrogen) atoms. The van der Waals surface area contributed by atoms with Crippen molar-refractivity contribution in [3.8, 4) is 0 Å². The maximum atomic E-state index is 4.04. The number of likely N-dealkylation sites (N-methyl/N-ethyl adjacent to an activating group) is 1. The van der Waals surface area contributed by atoms with Crippen molar-refractivity contribution in [1.29, 1.82) is 0 Å². The fourth-order valence-electron chi connectivity index (χ4n) is 0.845. The van der Waals surface area contributed by atoms with Crippen molar-refractivity contribution in [2.24, 2.45) is 7.05 Å². The Morgan fingerprint density at radius 1 is 1.73 bits per heavy atom. The molecular weight excluding hydrogens is 138 g/mol. The number of nitrogens with zero attached hydrogens (tertiary/aromatic N) is 2. The minimum absolute atomic E-state index is 0.894. The van der Waals surface area contributed by atoms with Gasteiger partial charge in [0.05, 0.1) is 5.69 Å². The molecule has 60 valence electrons. The van der Waals surface area contributed by atoms with E-state index in [1.807, 2.05) is 30.9 Å². The third-order valence-electron chi connectivity index (χ3n) is 1.47. The highest BCUT2D eigenvalue weighted by molar-refractivity contribution is 5.44. The smallest absolute Gasteiger partial charge is 0.0603 e. The third kappa shape index (κ3) is 2.20. The lowest BCUT2D eigenvalue weighted by atomic mass is 10.4. The average molecular weight is 151 g/mol. The number of aryl methyl sites for hydroxylation is 1. The first-order valence-electron chi connectivity index (χ1n) is 3.63. The highest BCUT2D eigenvalue weighted by Gasteiger charge is 1.89. The summed E-state index contributed by atoms with van der Waals surface area (Å²) in [4.78, 5) is 0. The second kappa shape index (κ2) is 3.93. The Hall–Kier alpha value is -1.09. The zero-order valence-corrected chi connectivity index (χ0v) is 6.91. The van der Waals surface area contributed by atoms with Crippen LogP contribution in [-0.4, -0.2) is 23.4 Å². The molecule has 1 heterocycles. The van der Waals surface area contributed by atoms with Gasteiger partial charge in [0, 0.05) is 19.8 Å². The van der Waals surface area contributed by atoms with E-state index in [1.165, 1.54) is 0 Å². The van der Waals surface area contributed by atoms with Crippen molar-refractivity contribution in [3.63, 3.8) is 0 Å². The maximum Gasteiger partial charge on any atom is 0.0603 e. The number of hydrogen-bond donors (Lipinski definition) is 1. The molecule has 0 bridgehead atoms. The quantitative estimate of drug-likeness (QED) is 0.687. The highest BCUT2D eigenvalue weighted by atomic mass is 15.2. The van der Waals surface area contributed by atoms with Crippen LogP contribution in [0.1, 0.15) is 5.69 Å². The molecule has 0 spiro atoms. The van der Waals surface area contributed by atoms with Crippen molar-refractivity contribution in [2.45, 2.75) is 0 Å². The molecule has 0 radical (unpaired) electrons. The standard InChI is InChI=1S/C8H13N3/c1-9-6-3-4-8-5-7-10-11(8)2/h3-5,7,9H,6H2,1-2H3. The van der Waals surface area contributed by atoms with Gasteiger partial charge in [-0.1, -0.05) is 6.08 Å². The van der Waals surface area contributed by atoms with E-state index in [9.17, 15) is 0 Å². The molecule has 0 aliphatic carbocycles. The minimum Gasteiger partial charge on any atom is -0.316 e. The summed E-state index contributed by atoms with van der Waals surface area (Å²) >= 11 is 0. The van der Waals surface area contributed by atoms with Crippen molar-refractivity contribution in [2.75, 3.05) is 13.6 Å². The Bertz CT molecular complexity index is 237. The number of hydrogen-bond acceptors (Lipinski definition) is 2. The van der Waals surface area contributed by atoms with Crippen LogP contribution >= 0.6 is 0 Å². The summed E-state index contributed by atoms with van der Waals surface area (Å²) in [7, 11) is 3.85. The summed E-state index contributed by atoms with van der Waals surface area (Å²) in [6.45, 7) is 0.894. The zero-order valence-electron chi connectivity index (χ0n) is 6.91.